The van der Waals surface area contributed by atoms with Gasteiger partial charge in [0, 0.05) is 31.7 Å². The van der Waals surface area contributed by atoms with Crippen LogP contribution in [-0.2, 0) is 9.59 Å². The summed E-state index contributed by atoms with van der Waals surface area (Å²) in [6.07, 6.45) is 4.15. The van der Waals surface area contributed by atoms with Crippen molar-refractivity contribution in [2.24, 2.45) is 5.92 Å². The summed E-state index contributed by atoms with van der Waals surface area (Å²) in [5, 5.41) is 3.02. The Balaban J connectivity index is 1.49. The van der Waals surface area contributed by atoms with Crippen LogP contribution in [0.25, 0.3) is 0 Å². The van der Waals surface area contributed by atoms with Crippen LogP contribution >= 0.6 is 0 Å². The molecule has 2 aliphatic rings. The lowest BCUT2D eigenvalue weighted by Gasteiger charge is -2.26. The predicted octanol–water partition coefficient (Wildman–Crippen LogP) is 1.95. The topological polar surface area (TPSA) is 52.7 Å². The van der Waals surface area contributed by atoms with E-state index in [-0.39, 0.29) is 17.7 Å². The van der Waals surface area contributed by atoms with Gasteiger partial charge in [-0.3, -0.25) is 9.59 Å². The molecular weight excluding hydrogens is 302 g/mol. The van der Waals surface area contributed by atoms with Crippen LogP contribution in [0.15, 0.2) is 24.3 Å². The highest BCUT2D eigenvalue weighted by Gasteiger charge is 2.35. The monoisotopic (exact) mass is 329 g/mol. The number of piperidine rings is 1. The highest BCUT2D eigenvalue weighted by Crippen LogP contribution is 2.27. The zero-order valence-corrected chi connectivity index (χ0v) is 14.5. The van der Waals surface area contributed by atoms with E-state index in [0.29, 0.717) is 19.5 Å². The van der Waals surface area contributed by atoms with Crippen molar-refractivity contribution in [2.45, 2.75) is 32.6 Å². The second-order valence-electron chi connectivity index (χ2n) is 6.89. The van der Waals surface area contributed by atoms with Crippen molar-refractivity contribution in [1.29, 1.82) is 0 Å². The number of amides is 2. The van der Waals surface area contributed by atoms with E-state index in [9.17, 15) is 9.59 Å². The molecule has 3 rings (SSSR count). The Morgan fingerprint density at radius 3 is 2.71 bits per heavy atom. The first-order chi connectivity index (χ1) is 11.6. The van der Waals surface area contributed by atoms with Gasteiger partial charge in [0.2, 0.25) is 11.8 Å². The minimum Gasteiger partial charge on any atom is -0.355 e. The number of aryl methyl sites for hydroxylation is 1. The molecule has 2 heterocycles. The van der Waals surface area contributed by atoms with Gasteiger partial charge >= 0.3 is 0 Å². The molecule has 5 nitrogen and oxygen atoms in total. The summed E-state index contributed by atoms with van der Waals surface area (Å²) in [4.78, 5) is 28.8. The highest BCUT2D eigenvalue weighted by molar-refractivity contribution is 6.00. The van der Waals surface area contributed by atoms with Crippen molar-refractivity contribution in [1.82, 2.24) is 10.2 Å². The summed E-state index contributed by atoms with van der Waals surface area (Å²) in [6.45, 7) is 6.34. The number of carbonyl (C=O) groups excluding carboxylic acids is 2. The lowest BCUT2D eigenvalue weighted by molar-refractivity contribution is -0.126. The summed E-state index contributed by atoms with van der Waals surface area (Å²) >= 11 is 0. The number of para-hydroxylation sites is 1. The van der Waals surface area contributed by atoms with E-state index >= 15 is 0 Å². The molecule has 1 aromatic rings. The molecule has 0 aromatic heterocycles. The third-order valence-electron chi connectivity index (χ3n) is 5.08. The molecule has 0 aliphatic carbocycles. The molecule has 2 aliphatic heterocycles. The number of likely N-dealkylation sites (tertiary alicyclic amines) is 1. The number of hydrogen-bond acceptors (Lipinski definition) is 3. The fourth-order valence-electron chi connectivity index (χ4n) is 3.65. The molecule has 2 saturated heterocycles. The van der Waals surface area contributed by atoms with Crippen molar-refractivity contribution in [2.75, 3.05) is 37.6 Å². The van der Waals surface area contributed by atoms with E-state index < -0.39 is 0 Å². The Kier molecular flexibility index (Phi) is 5.51. The number of nitrogens with zero attached hydrogens (tertiary/aromatic N) is 2. The fraction of sp³-hybridized carbons (Fsp3) is 0.579. The van der Waals surface area contributed by atoms with Gasteiger partial charge in [-0.05, 0) is 44.5 Å². The van der Waals surface area contributed by atoms with Gasteiger partial charge in [-0.15, -0.1) is 0 Å². The Bertz CT molecular complexity index is 596. The molecule has 1 unspecified atom stereocenters. The Hall–Kier alpha value is -1.88. The van der Waals surface area contributed by atoms with Crippen LogP contribution in [0.5, 0.6) is 0 Å². The third-order valence-corrected chi connectivity index (χ3v) is 5.08. The van der Waals surface area contributed by atoms with E-state index in [1.165, 1.54) is 19.3 Å². The molecule has 2 fully saturated rings. The zero-order chi connectivity index (χ0) is 16.9. The maximum Gasteiger partial charge on any atom is 0.227 e. The van der Waals surface area contributed by atoms with Crippen molar-refractivity contribution in [3.8, 4) is 0 Å². The zero-order valence-electron chi connectivity index (χ0n) is 14.5. The molecule has 130 valence electrons. The van der Waals surface area contributed by atoms with Crippen LogP contribution < -0.4 is 10.2 Å². The summed E-state index contributed by atoms with van der Waals surface area (Å²) in [5.41, 5.74) is 1.99. The Morgan fingerprint density at radius 1 is 1.21 bits per heavy atom. The van der Waals surface area contributed by atoms with Gasteiger partial charge in [-0.25, -0.2) is 0 Å². The van der Waals surface area contributed by atoms with Crippen LogP contribution in [0.3, 0.4) is 0 Å². The third kappa shape index (κ3) is 3.96. The summed E-state index contributed by atoms with van der Waals surface area (Å²) < 4.78 is 0. The van der Waals surface area contributed by atoms with Gasteiger partial charge in [-0.2, -0.15) is 0 Å². The predicted molar refractivity (Wildman–Crippen MR) is 94.9 cm³/mol. The molecular formula is C19H27N3O2. The summed E-state index contributed by atoms with van der Waals surface area (Å²) in [6, 6.07) is 7.84. The normalized spacial score (nSPS) is 22.0. The van der Waals surface area contributed by atoms with E-state index in [1.807, 2.05) is 31.2 Å². The lowest BCUT2D eigenvalue weighted by Crippen LogP contribution is -2.40. The van der Waals surface area contributed by atoms with Crippen molar-refractivity contribution in [3.05, 3.63) is 29.8 Å². The molecule has 5 heteroatoms. The van der Waals surface area contributed by atoms with Gasteiger partial charge in [0.05, 0.1) is 5.92 Å². The van der Waals surface area contributed by atoms with Crippen LogP contribution in [0.2, 0.25) is 0 Å². The molecule has 2 amide bonds. The Morgan fingerprint density at radius 2 is 1.96 bits per heavy atom. The fourth-order valence-corrected chi connectivity index (χ4v) is 3.65. The minimum atomic E-state index is -0.238. The minimum absolute atomic E-state index is 0.0106. The smallest absolute Gasteiger partial charge is 0.227 e. The second-order valence-corrected chi connectivity index (χ2v) is 6.89. The first-order valence-electron chi connectivity index (χ1n) is 9.01. The average molecular weight is 329 g/mol. The van der Waals surface area contributed by atoms with E-state index in [1.54, 1.807) is 4.90 Å². The van der Waals surface area contributed by atoms with E-state index in [4.69, 9.17) is 0 Å². The van der Waals surface area contributed by atoms with Gasteiger partial charge in [0.1, 0.15) is 0 Å². The number of benzene rings is 1. The molecule has 1 aromatic carbocycles. The van der Waals surface area contributed by atoms with Gasteiger partial charge in [-0.1, -0.05) is 24.6 Å². The van der Waals surface area contributed by atoms with Crippen LogP contribution in [0, 0.1) is 12.8 Å². The standard InChI is InChI=1S/C19H27N3O2/c1-15-7-3-4-8-17(15)22-14-16(13-18(22)23)19(24)20-9-12-21-10-5-2-6-11-21/h3-4,7-8,16H,2,5-6,9-14H2,1H3,(H,20,24). The number of anilines is 1. The first kappa shape index (κ1) is 17.0. The van der Waals surface area contributed by atoms with Crippen molar-refractivity contribution >= 4 is 17.5 Å². The number of hydrogen-bond donors (Lipinski definition) is 1. The van der Waals surface area contributed by atoms with Crippen LogP contribution in [-0.4, -0.2) is 49.4 Å². The van der Waals surface area contributed by atoms with E-state index in [2.05, 4.69) is 10.2 Å². The second kappa shape index (κ2) is 7.79. The molecule has 0 bridgehead atoms. The maximum absolute atomic E-state index is 12.4. The molecule has 0 spiro atoms. The van der Waals surface area contributed by atoms with Crippen molar-refractivity contribution in [3.63, 3.8) is 0 Å². The lowest BCUT2D eigenvalue weighted by atomic mass is 10.1. The molecule has 1 atom stereocenters. The number of rotatable bonds is 5. The van der Waals surface area contributed by atoms with Gasteiger partial charge in [0.25, 0.3) is 0 Å². The van der Waals surface area contributed by atoms with Crippen molar-refractivity contribution < 1.29 is 9.59 Å². The largest absolute Gasteiger partial charge is 0.355 e. The molecule has 0 saturated carbocycles. The first-order valence-corrected chi connectivity index (χ1v) is 9.01. The van der Waals surface area contributed by atoms with Gasteiger partial charge < -0.3 is 15.1 Å². The molecule has 0 radical (unpaired) electrons. The van der Waals surface area contributed by atoms with E-state index in [0.717, 1.165) is 30.9 Å². The average Bonchev–Trinajstić information content (AvgIpc) is 2.98. The van der Waals surface area contributed by atoms with Gasteiger partial charge in [0.15, 0.2) is 0 Å². The quantitative estimate of drug-likeness (QED) is 0.898. The number of nitrogens with one attached hydrogen (secondary N) is 1. The Labute approximate surface area is 144 Å². The highest BCUT2D eigenvalue weighted by atomic mass is 16.2. The maximum atomic E-state index is 12.4. The van der Waals surface area contributed by atoms with Crippen LogP contribution in [0.1, 0.15) is 31.2 Å². The number of carbonyl (C=O) groups is 2. The van der Waals surface area contributed by atoms with Crippen LogP contribution in [0.4, 0.5) is 5.69 Å². The summed E-state index contributed by atoms with van der Waals surface area (Å²) in [7, 11) is 0. The summed E-state index contributed by atoms with van der Waals surface area (Å²) in [5.74, 6) is -0.185. The molecule has 1 N–H and O–H groups in total. The molecule has 24 heavy (non-hydrogen) atoms. The SMILES string of the molecule is Cc1ccccc1N1CC(C(=O)NCCN2CCCCC2)CC1=O.